The number of aromatic amines is 1. The standard InChI is InChI=1S/C23H30N4O3/c1-27(2)16-5-7-17(8-6-16)30-23-21-18(25-13-26-23)11-14-3-4-15(20(14)21)12-19(28)22-24-9-10-29-22/h9-11,13,15-17,19,28H,3-8,12H2,1-2H3,(H,25,26)/t15-,16?,17?,19?/m1/s1. The molecule has 1 aromatic heterocycles. The van der Waals surface area contributed by atoms with Crippen LogP contribution in [-0.2, 0) is 6.42 Å². The fourth-order valence-corrected chi connectivity index (χ4v) is 5.28. The number of nitrogens with one attached hydrogen (secondary N) is 1. The average molecular weight is 411 g/mol. The lowest BCUT2D eigenvalue weighted by molar-refractivity contribution is 0.107. The molecule has 4 aliphatic rings. The summed E-state index contributed by atoms with van der Waals surface area (Å²) in [5.74, 6) is 1.36. The van der Waals surface area contributed by atoms with Gasteiger partial charge in [-0.1, -0.05) is 0 Å². The number of ether oxygens (including phenoxy) is 1. The summed E-state index contributed by atoms with van der Waals surface area (Å²) in [4.78, 5) is 14.3. The first-order valence-corrected chi connectivity index (χ1v) is 11.0. The molecule has 5 rings (SSSR count). The van der Waals surface area contributed by atoms with Crippen molar-refractivity contribution in [3.05, 3.63) is 41.9 Å². The number of hydrogen-bond acceptors (Lipinski definition) is 6. The van der Waals surface area contributed by atoms with Crippen molar-refractivity contribution in [1.29, 1.82) is 0 Å². The molecule has 160 valence electrons. The van der Waals surface area contributed by atoms with Crippen molar-refractivity contribution in [2.45, 2.75) is 69.1 Å². The van der Waals surface area contributed by atoms with E-state index in [1.165, 1.54) is 17.4 Å². The molecule has 1 fully saturated rings. The van der Waals surface area contributed by atoms with Crippen LogP contribution in [-0.4, -0.2) is 51.2 Å². The predicted octanol–water partition coefficient (Wildman–Crippen LogP) is 3.91. The van der Waals surface area contributed by atoms with Crippen molar-refractivity contribution in [3.8, 4) is 17.1 Å². The number of oxazole rings is 1. The topological polar surface area (TPSA) is 87.4 Å². The SMILES string of the molecule is CN(C)C1CCC(Oc2nc[nH]c3cc4c(c2-3)[C@@H](CC(O)c2ncco2)CC4)CC1. The number of aliphatic hydroxyl groups is 1. The van der Waals surface area contributed by atoms with Gasteiger partial charge >= 0.3 is 0 Å². The number of aliphatic hydroxyl groups excluding tert-OH is 1. The molecule has 1 aromatic rings. The largest absolute Gasteiger partial charge is 0.474 e. The van der Waals surface area contributed by atoms with Gasteiger partial charge in [0, 0.05) is 6.04 Å². The van der Waals surface area contributed by atoms with Crippen LogP contribution >= 0.6 is 0 Å². The first kappa shape index (κ1) is 19.6. The fourth-order valence-electron chi connectivity index (χ4n) is 5.28. The second-order valence-corrected chi connectivity index (χ2v) is 8.95. The summed E-state index contributed by atoms with van der Waals surface area (Å²) >= 11 is 0. The van der Waals surface area contributed by atoms with E-state index in [1.54, 1.807) is 12.5 Å². The maximum Gasteiger partial charge on any atom is 0.224 e. The molecule has 30 heavy (non-hydrogen) atoms. The van der Waals surface area contributed by atoms with Crippen LogP contribution < -0.4 is 4.74 Å². The lowest BCUT2D eigenvalue weighted by Gasteiger charge is -2.32. The van der Waals surface area contributed by atoms with Crippen molar-refractivity contribution in [1.82, 2.24) is 19.9 Å². The maximum absolute atomic E-state index is 10.6. The minimum atomic E-state index is -0.702. The van der Waals surface area contributed by atoms with E-state index >= 15 is 0 Å². The second-order valence-electron chi connectivity index (χ2n) is 8.95. The van der Waals surface area contributed by atoms with Crippen LogP contribution in [0.1, 0.15) is 67.6 Å². The van der Waals surface area contributed by atoms with E-state index in [9.17, 15) is 5.11 Å². The van der Waals surface area contributed by atoms with Gasteiger partial charge in [-0.25, -0.2) is 9.97 Å². The fraction of sp³-hybridized carbons (Fsp3) is 0.565. The summed E-state index contributed by atoms with van der Waals surface area (Å²) < 4.78 is 11.8. The number of hydrogen-bond donors (Lipinski definition) is 2. The highest BCUT2D eigenvalue weighted by Crippen LogP contribution is 2.49. The number of nitrogens with zero attached hydrogens (tertiary/aromatic N) is 3. The van der Waals surface area contributed by atoms with Crippen molar-refractivity contribution in [3.63, 3.8) is 0 Å². The second kappa shape index (κ2) is 8.04. The number of rotatable bonds is 6. The van der Waals surface area contributed by atoms with E-state index in [1.807, 2.05) is 0 Å². The Morgan fingerprint density at radius 3 is 2.80 bits per heavy atom. The van der Waals surface area contributed by atoms with Crippen molar-refractivity contribution >= 4 is 0 Å². The van der Waals surface area contributed by atoms with Gasteiger partial charge in [0.1, 0.15) is 18.5 Å². The molecule has 2 atom stereocenters. The molecular formula is C23H30N4O3. The average Bonchev–Trinajstić information content (AvgIpc) is 3.46. The van der Waals surface area contributed by atoms with Crippen LogP contribution in [0.15, 0.2) is 29.3 Å². The quantitative estimate of drug-likeness (QED) is 0.641. The zero-order valence-corrected chi connectivity index (χ0v) is 17.7. The highest BCUT2D eigenvalue weighted by atomic mass is 16.5. The van der Waals surface area contributed by atoms with Crippen molar-refractivity contribution in [2.24, 2.45) is 0 Å². The Labute approximate surface area is 176 Å². The van der Waals surface area contributed by atoms with Crippen LogP contribution in [0.25, 0.3) is 11.3 Å². The summed E-state index contributed by atoms with van der Waals surface area (Å²) in [6.45, 7) is 0. The zero-order chi connectivity index (χ0) is 20.7. The molecule has 0 spiro atoms. The highest BCUT2D eigenvalue weighted by Gasteiger charge is 2.35. The summed E-state index contributed by atoms with van der Waals surface area (Å²) in [6.07, 6.45) is 11.4. The molecule has 1 saturated carbocycles. The first-order valence-electron chi connectivity index (χ1n) is 11.0. The third kappa shape index (κ3) is 3.61. The minimum absolute atomic E-state index is 0.211. The Balaban J connectivity index is 1.37. The van der Waals surface area contributed by atoms with E-state index in [0.717, 1.165) is 55.7 Å². The van der Waals surface area contributed by atoms with E-state index < -0.39 is 6.10 Å². The highest BCUT2D eigenvalue weighted by molar-refractivity contribution is 5.76. The van der Waals surface area contributed by atoms with Gasteiger partial charge in [-0.2, -0.15) is 0 Å². The molecular weight excluding hydrogens is 380 g/mol. The third-order valence-electron chi connectivity index (χ3n) is 6.89. The van der Waals surface area contributed by atoms with Gasteiger partial charge in [-0.3, -0.25) is 0 Å². The van der Waals surface area contributed by atoms with Gasteiger partial charge in [-0.05, 0) is 82.2 Å². The van der Waals surface area contributed by atoms with Crippen LogP contribution in [0.5, 0.6) is 5.88 Å². The molecule has 7 nitrogen and oxygen atoms in total. The molecule has 2 heterocycles. The third-order valence-corrected chi connectivity index (χ3v) is 6.89. The van der Waals surface area contributed by atoms with E-state index in [2.05, 4.69) is 40.0 Å². The van der Waals surface area contributed by atoms with Gasteiger partial charge in [-0.15, -0.1) is 0 Å². The predicted molar refractivity (Wildman–Crippen MR) is 113 cm³/mol. The van der Waals surface area contributed by atoms with Gasteiger partial charge in [0.25, 0.3) is 0 Å². The molecule has 0 aromatic carbocycles. The zero-order valence-electron chi connectivity index (χ0n) is 17.7. The molecule has 0 amide bonds. The minimum Gasteiger partial charge on any atom is -0.474 e. The smallest absolute Gasteiger partial charge is 0.224 e. The van der Waals surface area contributed by atoms with Gasteiger partial charge in [0.2, 0.25) is 11.8 Å². The molecule has 2 N–H and O–H groups in total. The Kier molecular flexibility index (Phi) is 5.25. The van der Waals surface area contributed by atoms with E-state index in [-0.39, 0.29) is 12.0 Å². The van der Waals surface area contributed by atoms with Crippen LogP contribution in [0.2, 0.25) is 0 Å². The summed E-state index contributed by atoms with van der Waals surface area (Å²) in [5, 5.41) is 10.6. The van der Waals surface area contributed by atoms with Crippen molar-refractivity contribution < 1.29 is 14.3 Å². The maximum atomic E-state index is 10.6. The van der Waals surface area contributed by atoms with E-state index in [4.69, 9.17) is 9.15 Å². The van der Waals surface area contributed by atoms with Crippen LogP contribution in [0.3, 0.4) is 0 Å². The Bertz CT molecular complexity index is 944. The normalized spacial score (nSPS) is 25.0. The van der Waals surface area contributed by atoms with Gasteiger partial charge in [0.15, 0.2) is 0 Å². The Morgan fingerprint density at radius 1 is 1.23 bits per heavy atom. The molecule has 7 heteroatoms. The lowest BCUT2D eigenvalue weighted by atomic mass is 9.92. The van der Waals surface area contributed by atoms with Gasteiger partial charge in [0.05, 0.1) is 23.8 Å². The number of aromatic nitrogens is 3. The van der Waals surface area contributed by atoms with Crippen molar-refractivity contribution in [2.75, 3.05) is 14.1 Å². The lowest BCUT2D eigenvalue weighted by Crippen LogP contribution is -2.35. The van der Waals surface area contributed by atoms with Crippen LogP contribution in [0, 0.1) is 0 Å². The number of fused-ring (bicyclic) bond motifs is 3. The molecule has 0 saturated heterocycles. The summed E-state index contributed by atoms with van der Waals surface area (Å²) in [7, 11) is 4.31. The summed E-state index contributed by atoms with van der Waals surface area (Å²) in [6, 6.07) is 2.87. The molecule has 3 aliphatic carbocycles. The molecule has 0 radical (unpaired) electrons. The van der Waals surface area contributed by atoms with E-state index in [0.29, 0.717) is 18.4 Å². The summed E-state index contributed by atoms with van der Waals surface area (Å²) in [5.41, 5.74) is 4.77. The van der Waals surface area contributed by atoms with Crippen LogP contribution in [0.4, 0.5) is 0 Å². The van der Waals surface area contributed by atoms with Gasteiger partial charge < -0.3 is 24.1 Å². The number of aryl methyl sites for hydroxylation is 1. The Hall–Kier alpha value is -2.38. The number of H-pyrrole nitrogens is 1. The molecule has 0 bridgehead atoms. The molecule has 1 unspecified atom stereocenters. The molecule has 1 aliphatic heterocycles. The Morgan fingerprint density at radius 2 is 2.07 bits per heavy atom. The first-order chi connectivity index (χ1) is 14.6. The monoisotopic (exact) mass is 410 g/mol.